The molecule has 23 heavy (non-hydrogen) atoms. The van der Waals surface area contributed by atoms with Crippen molar-refractivity contribution in [1.82, 2.24) is 9.97 Å². The van der Waals surface area contributed by atoms with E-state index in [1.54, 1.807) is 18.3 Å². The number of fused-ring (bicyclic) bond motifs is 1. The average Bonchev–Trinajstić information content (AvgIpc) is 2.83. The largest absolute Gasteiger partial charge is 0.260 e. The fraction of sp³-hybridized carbons (Fsp3) is 0.188. The fourth-order valence-corrected chi connectivity index (χ4v) is 3.19. The van der Waals surface area contributed by atoms with Crippen molar-refractivity contribution in [3.63, 3.8) is 0 Å². The second kappa shape index (κ2) is 6.00. The molecule has 0 saturated heterocycles. The highest BCUT2D eigenvalue weighted by molar-refractivity contribution is 7.18. The molecule has 0 amide bonds. The molecule has 2 heterocycles. The van der Waals surface area contributed by atoms with Crippen LogP contribution in [-0.2, 0) is 0 Å². The SMILES string of the molecule is C/C(=N/Nc1ncnc2sc(C)c(C)c12)c1ccc(F)c(F)c1. The van der Waals surface area contributed by atoms with Gasteiger partial charge in [0, 0.05) is 10.4 Å². The van der Waals surface area contributed by atoms with Gasteiger partial charge < -0.3 is 0 Å². The molecule has 3 rings (SSSR count). The summed E-state index contributed by atoms with van der Waals surface area (Å²) in [6.45, 7) is 5.75. The van der Waals surface area contributed by atoms with Crippen LogP contribution in [-0.4, -0.2) is 15.7 Å². The summed E-state index contributed by atoms with van der Waals surface area (Å²) in [7, 11) is 0. The topological polar surface area (TPSA) is 50.2 Å². The normalized spacial score (nSPS) is 12.0. The quantitative estimate of drug-likeness (QED) is 0.570. The van der Waals surface area contributed by atoms with Crippen molar-refractivity contribution >= 4 is 33.1 Å². The van der Waals surface area contributed by atoms with Crippen molar-refractivity contribution in [2.75, 3.05) is 5.43 Å². The smallest absolute Gasteiger partial charge is 0.159 e. The van der Waals surface area contributed by atoms with Gasteiger partial charge in [-0.15, -0.1) is 11.3 Å². The zero-order chi connectivity index (χ0) is 16.6. The van der Waals surface area contributed by atoms with Crippen LogP contribution >= 0.6 is 11.3 Å². The number of aryl methyl sites for hydroxylation is 2. The molecule has 0 bridgehead atoms. The van der Waals surface area contributed by atoms with Crippen molar-refractivity contribution in [2.24, 2.45) is 5.10 Å². The number of anilines is 1. The molecular weight excluding hydrogens is 318 g/mol. The van der Waals surface area contributed by atoms with Crippen LogP contribution in [0.15, 0.2) is 29.6 Å². The minimum absolute atomic E-state index is 0.500. The average molecular weight is 332 g/mol. The van der Waals surface area contributed by atoms with E-state index < -0.39 is 11.6 Å². The third kappa shape index (κ3) is 2.92. The molecule has 1 aromatic carbocycles. The van der Waals surface area contributed by atoms with E-state index >= 15 is 0 Å². The lowest BCUT2D eigenvalue weighted by Crippen LogP contribution is -2.02. The van der Waals surface area contributed by atoms with Gasteiger partial charge in [0.05, 0.1) is 11.1 Å². The highest BCUT2D eigenvalue weighted by Gasteiger charge is 2.11. The Labute approximate surface area is 135 Å². The van der Waals surface area contributed by atoms with Gasteiger partial charge in [-0.2, -0.15) is 5.10 Å². The first kappa shape index (κ1) is 15.5. The summed E-state index contributed by atoms with van der Waals surface area (Å²) in [5.74, 6) is -1.18. The van der Waals surface area contributed by atoms with Crippen LogP contribution in [0, 0.1) is 25.5 Å². The van der Waals surface area contributed by atoms with Crippen LogP contribution in [0.25, 0.3) is 10.2 Å². The van der Waals surface area contributed by atoms with E-state index in [0.717, 1.165) is 27.9 Å². The Morgan fingerprint density at radius 1 is 1.17 bits per heavy atom. The second-order valence-electron chi connectivity index (χ2n) is 5.12. The van der Waals surface area contributed by atoms with Gasteiger partial charge in [-0.05, 0) is 44.5 Å². The zero-order valence-electron chi connectivity index (χ0n) is 12.8. The Balaban J connectivity index is 1.94. The first-order chi connectivity index (χ1) is 11.0. The molecular formula is C16H14F2N4S. The molecule has 0 aliphatic heterocycles. The molecule has 0 aliphatic carbocycles. The number of halogens is 2. The maximum atomic E-state index is 13.3. The molecule has 0 aliphatic rings. The molecule has 0 radical (unpaired) electrons. The Kier molecular flexibility index (Phi) is 4.04. The number of aromatic nitrogens is 2. The molecule has 0 spiro atoms. The molecule has 1 N–H and O–H groups in total. The van der Waals surface area contributed by atoms with Crippen LogP contribution in [0.4, 0.5) is 14.6 Å². The summed E-state index contributed by atoms with van der Waals surface area (Å²) in [5.41, 5.74) is 5.03. The number of benzene rings is 1. The van der Waals surface area contributed by atoms with E-state index in [0.29, 0.717) is 17.1 Å². The number of hydrogen-bond acceptors (Lipinski definition) is 5. The van der Waals surface area contributed by atoms with Gasteiger partial charge in [0.25, 0.3) is 0 Å². The Morgan fingerprint density at radius 3 is 2.70 bits per heavy atom. The van der Waals surface area contributed by atoms with Crippen molar-refractivity contribution in [3.8, 4) is 0 Å². The predicted octanol–water partition coefficient (Wildman–Crippen LogP) is 4.42. The maximum Gasteiger partial charge on any atom is 0.159 e. The first-order valence-corrected chi connectivity index (χ1v) is 7.75. The van der Waals surface area contributed by atoms with Crippen LogP contribution in [0.3, 0.4) is 0 Å². The molecule has 7 heteroatoms. The lowest BCUT2D eigenvalue weighted by atomic mass is 10.1. The minimum atomic E-state index is -0.897. The summed E-state index contributed by atoms with van der Waals surface area (Å²) < 4.78 is 26.3. The van der Waals surface area contributed by atoms with E-state index in [1.807, 2.05) is 13.8 Å². The van der Waals surface area contributed by atoms with Crippen LogP contribution in [0.1, 0.15) is 22.9 Å². The highest BCUT2D eigenvalue weighted by atomic mass is 32.1. The van der Waals surface area contributed by atoms with Crippen LogP contribution in [0.5, 0.6) is 0 Å². The summed E-state index contributed by atoms with van der Waals surface area (Å²) >= 11 is 1.60. The third-order valence-electron chi connectivity index (χ3n) is 3.63. The molecule has 2 aromatic heterocycles. The second-order valence-corrected chi connectivity index (χ2v) is 6.33. The third-order valence-corrected chi connectivity index (χ3v) is 4.75. The molecule has 4 nitrogen and oxygen atoms in total. The molecule has 118 valence electrons. The van der Waals surface area contributed by atoms with Gasteiger partial charge in [-0.3, -0.25) is 5.43 Å². The van der Waals surface area contributed by atoms with E-state index in [2.05, 4.69) is 20.5 Å². The molecule has 0 unspecified atom stereocenters. The fourth-order valence-electron chi connectivity index (χ4n) is 2.19. The number of rotatable bonds is 3. The van der Waals surface area contributed by atoms with Crippen LogP contribution < -0.4 is 5.43 Å². The van der Waals surface area contributed by atoms with E-state index in [4.69, 9.17) is 0 Å². The van der Waals surface area contributed by atoms with Gasteiger partial charge in [0.2, 0.25) is 0 Å². The number of nitrogens with zero attached hydrogens (tertiary/aromatic N) is 3. The van der Waals surface area contributed by atoms with Crippen LogP contribution in [0.2, 0.25) is 0 Å². The Bertz CT molecular complexity index is 918. The lowest BCUT2D eigenvalue weighted by Gasteiger charge is -2.05. The Morgan fingerprint density at radius 2 is 1.96 bits per heavy atom. The van der Waals surface area contributed by atoms with E-state index in [1.165, 1.54) is 17.3 Å². The number of thiophene rings is 1. The first-order valence-electron chi connectivity index (χ1n) is 6.94. The summed E-state index contributed by atoms with van der Waals surface area (Å²) in [6, 6.07) is 3.68. The molecule has 0 fully saturated rings. The van der Waals surface area contributed by atoms with Gasteiger partial charge in [0.15, 0.2) is 17.5 Å². The van der Waals surface area contributed by atoms with Gasteiger partial charge in [-0.25, -0.2) is 18.7 Å². The summed E-state index contributed by atoms with van der Waals surface area (Å²) in [5, 5.41) is 5.16. The Hall–Kier alpha value is -2.41. The van der Waals surface area contributed by atoms with Crippen molar-refractivity contribution in [2.45, 2.75) is 20.8 Å². The van der Waals surface area contributed by atoms with Crippen molar-refractivity contribution in [3.05, 3.63) is 52.2 Å². The predicted molar refractivity (Wildman–Crippen MR) is 89.1 cm³/mol. The van der Waals surface area contributed by atoms with Crippen molar-refractivity contribution in [1.29, 1.82) is 0 Å². The minimum Gasteiger partial charge on any atom is -0.260 e. The van der Waals surface area contributed by atoms with E-state index in [-0.39, 0.29) is 0 Å². The lowest BCUT2D eigenvalue weighted by molar-refractivity contribution is 0.508. The molecule has 3 aromatic rings. The standard InChI is InChI=1S/C16H14F2N4S/c1-8-10(3)23-16-14(8)15(19-7-20-16)22-21-9(2)11-4-5-12(17)13(18)6-11/h4-7H,1-3H3,(H,19,20,22)/b21-9-. The summed E-state index contributed by atoms with van der Waals surface area (Å²) in [6.07, 6.45) is 1.47. The molecule has 0 saturated carbocycles. The number of hydrogen-bond donors (Lipinski definition) is 1. The van der Waals surface area contributed by atoms with Gasteiger partial charge >= 0.3 is 0 Å². The van der Waals surface area contributed by atoms with Gasteiger partial charge in [0.1, 0.15) is 11.2 Å². The number of hydrazone groups is 1. The summed E-state index contributed by atoms with van der Waals surface area (Å²) in [4.78, 5) is 10.5. The zero-order valence-corrected chi connectivity index (χ0v) is 13.6. The number of nitrogens with one attached hydrogen (secondary N) is 1. The maximum absolute atomic E-state index is 13.3. The monoisotopic (exact) mass is 332 g/mol. The van der Waals surface area contributed by atoms with Gasteiger partial charge in [-0.1, -0.05) is 0 Å². The molecule has 0 atom stereocenters. The van der Waals surface area contributed by atoms with Crippen molar-refractivity contribution < 1.29 is 8.78 Å². The van der Waals surface area contributed by atoms with E-state index in [9.17, 15) is 8.78 Å². The highest BCUT2D eigenvalue weighted by Crippen LogP contribution is 2.32.